The third kappa shape index (κ3) is 4.74. The Kier molecular flexibility index (Phi) is 6.45. The van der Waals surface area contributed by atoms with E-state index in [-0.39, 0.29) is 40.6 Å². The molecule has 9 nitrogen and oxygen atoms in total. The zero-order valence-electron chi connectivity index (χ0n) is 18.8. The molecule has 0 bridgehead atoms. The van der Waals surface area contributed by atoms with E-state index in [1.165, 1.54) is 6.20 Å². The Morgan fingerprint density at radius 2 is 1.83 bits per heavy atom. The molecule has 1 amide bonds. The lowest BCUT2D eigenvalue weighted by atomic mass is 9.85. The molecule has 2 aliphatic carbocycles. The molecule has 3 aromatic rings. The number of amides is 1. The van der Waals surface area contributed by atoms with E-state index >= 15 is 0 Å². The molecule has 2 fully saturated rings. The molecule has 2 aromatic heterocycles. The van der Waals surface area contributed by atoms with E-state index in [2.05, 4.69) is 25.6 Å². The van der Waals surface area contributed by atoms with Crippen LogP contribution in [0.4, 0.5) is 26.4 Å². The molecular formula is C23H26ClF2N7O2. The van der Waals surface area contributed by atoms with Gasteiger partial charge in [0.15, 0.2) is 17.3 Å². The van der Waals surface area contributed by atoms with Crippen molar-refractivity contribution >= 4 is 46.3 Å². The van der Waals surface area contributed by atoms with Crippen molar-refractivity contribution in [1.29, 1.82) is 0 Å². The van der Waals surface area contributed by atoms with Gasteiger partial charge in [0.25, 0.3) is 0 Å². The number of halogens is 3. The first kappa shape index (κ1) is 23.7. The predicted molar refractivity (Wildman–Crippen MR) is 127 cm³/mol. The van der Waals surface area contributed by atoms with Crippen molar-refractivity contribution < 1.29 is 18.7 Å². The van der Waals surface area contributed by atoms with Crippen LogP contribution in [0.1, 0.15) is 51.0 Å². The van der Waals surface area contributed by atoms with Gasteiger partial charge < -0.3 is 21.5 Å². The van der Waals surface area contributed by atoms with Gasteiger partial charge in [-0.15, -0.1) is 0 Å². The van der Waals surface area contributed by atoms with Gasteiger partial charge in [0.1, 0.15) is 11.2 Å². The minimum absolute atomic E-state index is 0.0560. The highest BCUT2D eigenvalue weighted by molar-refractivity contribution is 6.30. The van der Waals surface area contributed by atoms with Crippen molar-refractivity contribution in [1.82, 2.24) is 19.5 Å². The van der Waals surface area contributed by atoms with Crippen molar-refractivity contribution in [3.05, 3.63) is 35.0 Å². The molecule has 0 spiro atoms. The molecule has 2 saturated carbocycles. The monoisotopic (exact) mass is 505 g/mol. The molecule has 12 heteroatoms. The van der Waals surface area contributed by atoms with Crippen molar-refractivity contribution in [2.75, 3.05) is 10.6 Å². The molecule has 2 heterocycles. The number of aliphatic hydroxyl groups is 1. The number of carbonyl (C=O) groups excluding carboxylic acids is 1. The SMILES string of the molecule is NC(=O)C1CCC(n2c(Nc3c(F)cc(Cl)cc3F)nc3cnc(N[C@@H]4CCC[C@H]4O)nc32)CC1. The highest BCUT2D eigenvalue weighted by Crippen LogP contribution is 2.38. The summed E-state index contributed by atoms with van der Waals surface area (Å²) >= 11 is 5.77. The van der Waals surface area contributed by atoms with Crippen LogP contribution >= 0.6 is 11.6 Å². The highest BCUT2D eigenvalue weighted by Gasteiger charge is 2.30. The van der Waals surface area contributed by atoms with E-state index in [1.54, 1.807) is 4.57 Å². The minimum atomic E-state index is -0.852. The second-order valence-electron chi connectivity index (χ2n) is 9.23. The van der Waals surface area contributed by atoms with Crippen molar-refractivity contribution in [2.24, 2.45) is 11.7 Å². The summed E-state index contributed by atoms with van der Waals surface area (Å²) in [6.45, 7) is 0. The molecule has 2 aliphatic rings. The molecule has 186 valence electrons. The number of hydrogen-bond donors (Lipinski definition) is 4. The van der Waals surface area contributed by atoms with Gasteiger partial charge in [-0.25, -0.2) is 18.7 Å². The second-order valence-corrected chi connectivity index (χ2v) is 9.67. The number of aromatic nitrogens is 4. The Bertz CT molecular complexity index is 1240. The Balaban J connectivity index is 1.54. The lowest BCUT2D eigenvalue weighted by molar-refractivity contribution is -0.122. The van der Waals surface area contributed by atoms with E-state index in [9.17, 15) is 18.7 Å². The third-order valence-corrected chi connectivity index (χ3v) is 7.15. The lowest BCUT2D eigenvalue weighted by Crippen LogP contribution is -2.29. The fourth-order valence-corrected chi connectivity index (χ4v) is 5.25. The molecule has 0 saturated heterocycles. The van der Waals surface area contributed by atoms with Crippen molar-refractivity contribution in [3.8, 4) is 0 Å². The normalized spacial score (nSPS) is 24.6. The van der Waals surface area contributed by atoms with Crippen LogP contribution in [-0.2, 0) is 4.79 Å². The molecule has 0 radical (unpaired) electrons. The number of fused-ring (bicyclic) bond motifs is 1. The molecule has 2 atom stereocenters. The summed E-state index contributed by atoms with van der Waals surface area (Å²) in [6.07, 6.45) is 5.91. The molecular weight excluding hydrogens is 480 g/mol. The molecule has 5 rings (SSSR count). The van der Waals surface area contributed by atoms with Crippen LogP contribution in [0.15, 0.2) is 18.3 Å². The molecule has 0 aliphatic heterocycles. The van der Waals surface area contributed by atoms with Gasteiger partial charge in [-0.05, 0) is 57.1 Å². The molecule has 1 aromatic carbocycles. The van der Waals surface area contributed by atoms with Crippen molar-refractivity contribution in [2.45, 2.75) is 63.1 Å². The number of imidazole rings is 1. The number of nitrogens with two attached hydrogens (primary N) is 1. The van der Waals surface area contributed by atoms with Crippen molar-refractivity contribution in [3.63, 3.8) is 0 Å². The van der Waals surface area contributed by atoms with Crippen LogP contribution in [0.5, 0.6) is 0 Å². The van der Waals surface area contributed by atoms with Crippen LogP contribution < -0.4 is 16.4 Å². The number of carbonyl (C=O) groups is 1. The molecule has 35 heavy (non-hydrogen) atoms. The second kappa shape index (κ2) is 9.54. The van der Waals surface area contributed by atoms with Gasteiger partial charge in [0.2, 0.25) is 17.8 Å². The predicted octanol–water partition coefficient (Wildman–Crippen LogP) is 4.04. The first-order chi connectivity index (χ1) is 16.8. The summed E-state index contributed by atoms with van der Waals surface area (Å²) in [5.41, 5.74) is 6.04. The van der Waals surface area contributed by atoms with Gasteiger partial charge >= 0.3 is 0 Å². The Morgan fingerprint density at radius 1 is 1.11 bits per heavy atom. The first-order valence-electron chi connectivity index (χ1n) is 11.7. The zero-order chi connectivity index (χ0) is 24.7. The zero-order valence-corrected chi connectivity index (χ0v) is 19.6. The first-order valence-corrected chi connectivity index (χ1v) is 12.1. The van der Waals surface area contributed by atoms with Crippen LogP contribution in [-0.4, -0.2) is 42.7 Å². The summed E-state index contributed by atoms with van der Waals surface area (Å²) < 4.78 is 30.9. The lowest BCUT2D eigenvalue weighted by Gasteiger charge is -2.29. The number of nitrogens with zero attached hydrogens (tertiary/aromatic N) is 4. The van der Waals surface area contributed by atoms with Crippen LogP contribution in [0.25, 0.3) is 11.2 Å². The van der Waals surface area contributed by atoms with E-state index in [1.807, 2.05) is 0 Å². The molecule has 5 N–H and O–H groups in total. The van der Waals surface area contributed by atoms with Gasteiger partial charge in [0, 0.05) is 17.0 Å². The summed E-state index contributed by atoms with van der Waals surface area (Å²) in [6, 6.07) is 1.76. The molecule has 0 unspecified atom stereocenters. The maximum absolute atomic E-state index is 14.6. The Morgan fingerprint density at radius 3 is 2.46 bits per heavy atom. The number of rotatable bonds is 6. The summed E-state index contributed by atoms with van der Waals surface area (Å²) in [5.74, 6) is -1.70. The van der Waals surface area contributed by atoms with Gasteiger partial charge in [0.05, 0.1) is 18.3 Å². The number of primary amides is 1. The number of benzene rings is 1. The van der Waals surface area contributed by atoms with E-state index in [0.29, 0.717) is 49.2 Å². The highest BCUT2D eigenvalue weighted by atomic mass is 35.5. The standard InChI is InChI=1S/C23H26ClF2N7O2/c24-12-8-14(25)19(15(26)9-12)31-23-30-17-10-28-22(29-16-2-1-3-18(16)34)32-21(17)33(23)13-6-4-11(5-7-13)20(27)35/h8-11,13,16,18,34H,1-7H2,(H2,27,35)(H,30,31)(H,28,29,32)/t11?,13?,16-,18-/m1/s1. The summed E-state index contributed by atoms with van der Waals surface area (Å²) in [7, 11) is 0. The maximum atomic E-state index is 14.6. The fourth-order valence-electron chi connectivity index (χ4n) is 5.06. The van der Waals surface area contributed by atoms with E-state index in [0.717, 1.165) is 25.0 Å². The number of nitrogens with one attached hydrogen (secondary N) is 2. The smallest absolute Gasteiger partial charge is 0.225 e. The average Bonchev–Trinajstić information content (AvgIpc) is 3.38. The van der Waals surface area contributed by atoms with Gasteiger partial charge in [-0.2, -0.15) is 4.98 Å². The fraction of sp³-hybridized carbons (Fsp3) is 0.478. The largest absolute Gasteiger partial charge is 0.391 e. The van der Waals surface area contributed by atoms with Gasteiger partial charge in [-0.3, -0.25) is 9.36 Å². The Labute approximate surface area is 205 Å². The van der Waals surface area contributed by atoms with E-state index < -0.39 is 17.7 Å². The third-order valence-electron chi connectivity index (χ3n) is 6.93. The van der Waals surface area contributed by atoms with Gasteiger partial charge in [-0.1, -0.05) is 11.6 Å². The maximum Gasteiger partial charge on any atom is 0.225 e. The Hall–Kier alpha value is -3.05. The van der Waals surface area contributed by atoms with E-state index in [4.69, 9.17) is 17.3 Å². The number of aliphatic hydroxyl groups excluding tert-OH is 1. The topological polar surface area (TPSA) is 131 Å². The quantitative estimate of drug-likeness (QED) is 0.397. The number of anilines is 3. The minimum Gasteiger partial charge on any atom is -0.391 e. The number of hydrogen-bond acceptors (Lipinski definition) is 7. The summed E-state index contributed by atoms with van der Waals surface area (Å²) in [5, 5.41) is 16.1. The van der Waals surface area contributed by atoms with Crippen LogP contribution in [0.3, 0.4) is 0 Å². The van der Waals surface area contributed by atoms with Crippen LogP contribution in [0.2, 0.25) is 5.02 Å². The average molecular weight is 506 g/mol. The summed E-state index contributed by atoms with van der Waals surface area (Å²) in [4.78, 5) is 25.2. The van der Waals surface area contributed by atoms with Crippen LogP contribution in [0, 0.1) is 17.6 Å².